The smallest absolute Gasteiger partial charge is 0.419 e. The maximum absolute atomic E-state index is 12.0. The van der Waals surface area contributed by atoms with Crippen molar-refractivity contribution in [1.29, 1.82) is 0 Å². The summed E-state index contributed by atoms with van der Waals surface area (Å²) in [7, 11) is -4.82. The van der Waals surface area contributed by atoms with Gasteiger partial charge in [0.1, 0.15) is 44.1 Å². The molecule has 2 heterocycles. The Hall–Kier alpha value is -0.696. The van der Waals surface area contributed by atoms with Gasteiger partial charge in [0.25, 0.3) is 11.8 Å². The standard InChI is InChI=1S/C17H20BrN.C13H24BrNO4.C11H10BrNO2.C9H22BrNSi2.C9H24BrNSi2.C9H16BrN.C7H17BrSi/c18-12-7-13-19(14-16-8-3-1-4-9-16)15-17-10-5-2-6-11-17;1-12(2,3)18-10(16)15(9-7-8-14)11(17)19-13(4,5)6;12-6-3-7-13-10(14)8-4-1-2-5-9(8)11(13)15;1-12(2)8-9-13(3,4)11(12)7-5-6-10;1-12(2,3)11(9-7-8-10)13(4,5)6;1-3-7-11(8-4-2)9-5-6-10;1-9(2,3)7-5-4-6-8/h1-6,8-11H,7,12-15H2;7-9H2,1-6H3;1-2,4-5H,3,6-7H2;5-9H2,1-4H3;7-9H2,1-6H3;3-4H,1-2,5-9H2;4-7H2,1-3H3. The molecule has 3 aromatic carbocycles. The second-order valence-electron chi connectivity index (χ2n) is 31.2. The number of nitrogens with zero attached hydrogens (tertiary/aromatic N) is 6. The van der Waals surface area contributed by atoms with Gasteiger partial charge in [0.05, 0.1) is 11.1 Å². The molecule has 0 atom stereocenters. The van der Waals surface area contributed by atoms with E-state index in [2.05, 4.69) is 289 Å². The molecule has 0 aliphatic carbocycles. The predicted molar refractivity (Wildman–Crippen MR) is 471 cm³/mol. The Kier molecular flexibility index (Phi) is 54.7. The van der Waals surface area contributed by atoms with E-state index in [0.29, 0.717) is 29.4 Å². The summed E-state index contributed by atoms with van der Waals surface area (Å²) in [5, 5.41) is 7.09. The molecule has 0 radical (unpaired) electrons. The Morgan fingerprint density at radius 1 is 0.485 bits per heavy atom. The minimum absolute atomic E-state index is 0.170. The minimum Gasteiger partial charge on any atom is -0.443 e. The third-order valence-electron chi connectivity index (χ3n) is 15.4. The lowest BCUT2D eigenvalue weighted by Crippen LogP contribution is -2.59. The molecule has 5 rings (SSSR count). The van der Waals surface area contributed by atoms with Gasteiger partial charge in [-0.15, -0.1) is 13.2 Å². The molecule has 0 N–H and O–H groups in total. The molecule has 568 valence electrons. The van der Waals surface area contributed by atoms with Crippen molar-refractivity contribution in [3.8, 4) is 0 Å². The Balaban J connectivity index is 0. The Morgan fingerprint density at radius 2 is 0.828 bits per heavy atom. The van der Waals surface area contributed by atoms with Crippen LogP contribution in [-0.2, 0) is 22.6 Å². The number of amides is 4. The molecule has 2 aliphatic rings. The fraction of sp³-hybridized carbons (Fsp3) is 0.653. The largest absolute Gasteiger partial charge is 0.443 e. The zero-order chi connectivity index (χ0) is 76.1. The first-order valence-corrected chi connectivity index (χ1v) is 60.3. The minimum atomic E-state index is -1.09. The Morgan fingerprint density at radius 3 is 1.17 bits per heavy atom. The summed E-state index contributed by atoms with van der Waals surface area (Å²) < 4.78 is 16.2. The Labute approximate surface area is 669 Å². The third-order valence-corrected chi connectivity index (χ3v) is 39.3. The summed E-state index contributed by atoms with van der Waals surface area (Å²) in [4.78, 5) is 54.7. The number of rotatable bonds is 32. The first-order chi connectivity index (χ1) is 46.1. The number of hydrogen-bond acceptors (Lipinski definition) is 10. The number of unbranched alkanes of at least 4 members (excludes halogenated alkanes) is 1. The number of halogens is 7. The van der Waals surface area contributed by atoms with E-state index in [1.807, 2.05) is 12.2 Å². The van der Waals surface area contributed by atoms with Gasteiger partial charge in [0.15, 0.2) is 0 Å². The topological polar surface area (TPSA) is 106 Å². The van der Waals surface area contributed by atoms with Crippen molar-refractivity contribution in [2.75, 3.05) is 89.7 Å². The van der Waals surface area contributed by atoms with Gasteiger partial charge in [-0.25, -0.2) is 14.5 Å². The van der Waals surface area contributed by atoms with Crippen LogP contribution in [-0.4, -0.2) is 194 Å². The molecule has 0 aromatic heterocycles. The van der Waals surface area contributed by atoms with Crippen LogP contribution in [0.25, 0.3) is 0 Å². The molecule has 3 aromatic rings. The van der Waals surface area contributed by atoms with E-state index in [-0.39, 0.29) is 18.4 Å². The van der Waals surface area contributed by atoms with Gasteiger partial charge in [-0.2, -0.15) is 0 Å². The monoisotopic (exact) mass is 1910 g/mol. The number of carbonyl (C=O) groups excluding carboxylic acids is 4. The van der Waals surface area contributed by atoms with Gasteiger partial charge in [-0.3, -0.25) is 24.3 Å². The lowest BCUT2D eigenvalue weighted by molar-refractivity contribution is 0.00149. The summed E-state index contributed by atoms with van der Waals surface area (Å²) >= 11 is 24.0. The molecule has 2 aliphatic heterocycles. The number of hydrogen-bond donors (Lipinski definition) is 0. The molecule has 24 heteroatoms. The average Bonchev–Trinajstić information content (AvgIpc) is 1.66. The highest BCUT2D eigenvalue weighted by Crippen LogP contribution is 2.37. The van der Waals surface area contributed by atoms with Crippen LogP contribution < -0.4 is 0 Å². The van der Waals surface area contributed by atoms with Crippen molar-refractivity contribution in [2.24, 2.45) is 0 Å². The average molecular weight is 1910 g/mol. The van der Waals surface area contributed by atoms with Crippen LogP contribution in [0.5, 0.6) is 0 Å². The van der Waals surface area contributed by atoms with E-state index >= 15 is 0 Å². The van der Waals surface area contributed by atoms with Crippen molar-refractivity contribution < 1.29 is 28.7 Å². The van der Waals surface area contributed by atoms with Crippen molar-refractivity contribution >= 4 is 177 Å². The van der Waals surface area contributed by atoms with Gasteiger partial charge >= 0.3 is 12.2 Å². The van der Waals surface area contributed by atoms with Gasteiger partial charge in [-0.05, 0) is 148 Å². The van der Waals surface area contributed by atoms with Crippen LogP contribution in [0, 0.1) is 0 Å². The highest BCUT2D eigenvalue weighted by Gasteiger charge is 2.46. The number of alkyl halides is 7. The molecular weight excluding hydrogens is 1780 g/mol. The van der Waals surface area contributed by atoms with Crippen molar-refractivity contribution in [1.82, 2.24) is 28.1 Å². The van der Waals surface area contributed by atoms with Crippen LogP contribution in [0.3, 0.4) is 0 Å². The van der Waals surface area contributed by atoms with Crippen molar-refractivity contribution in [2.45, 2.75) is 220 Å². The maximum Gasteiger partial charge on any atom is 0.419 e. The van der Waals surface area contributed by atoms with E-state index in [4.69, 9.17) is 9.47 Å². The van der Waals surface area contributed by atoms with E-state index in [1.165, 1.54) is 96.4 Å². The molecule has 99 heavy (non-hydrogen) atoms. The molecule has 0 spiro atoms. The van der Waals surface area contributed by atoms with Crippen LogP contribution in [0.4, 0.5) is 9.59 Å². The summed E-state index contributed by atoms with van der Waals surface area (Å²) in [6.45, 7) is 59.7. The summed E-state index contributed by atoms with van der Waals surface area (Å²) in [6, 6.07) is 32.9. The highest BCUT2D eigenvalue weighted by molar-refractivity contribution is 9.10. The molecule has 1 fully saturated rings. The summed E-state index contributed by atoms with van der Waals surface area (Å²) in [6.07, 6.45) is 11.7. The first kappa shape index (κ1) is 100. The van der Waals surface area contributed by atoms with E-state index in [9.17, 15) is 19.2 Å². The van der Waals surface area contributed by atoms with Gasteiger partial charge in [-0.1, -0.05) is 294 Å². The Bertz CT molecular complexity index is 2510. The van der Waals surface area contributed by atoms with Crippen LogP contribution in [0.1, 0.15) is 125 Å². The van der Waals surface area contributed by atoms with Gasteiger partial charge in [0, 0.05) is 84.7 Å². The number of benzene rings is 3. The second-order valence-corrected chi connectivity index (χ2v) is 62.3. The lowest BCUT2D eigenvalue weighted by atomic mass is 10.1. The fourth-order valence-corrected chi connectivity index (χ4v) is 38.1. The highest BCUT2D eigenvalue weighted by atomic mass is 79.9. The molecular formula is C75H133Br7N6O6Si5. The molecule has 1 saturated heterocycles. The number of fused-ring (bicyclic) bond motifs is 1. The summed E-state index contributed by atoms with van der Waals surface area (Å²) in [5.41, 5.74) is 2.52. The molecule has 12 nitrogen and oxygen atoms in total. The van der Waals surface area contributed by atoms with Gasteiger partial charge in [0.2, 0.25) is 0 Å². The molecule has 0 saturated carbocycles. The quantitative estimate of drug-likeness (QED) is 0.0197. The first-order valence-electron chi connectivity index (χ1n) is 35.5. The fourth-order valence-electron chi connectivity index (χ4n) is 11.0. The molecule has 0 unspecified atom stereocenters. The van der Waals surface area contributed by atoms with Crippen LogP contribution >= 0.6 is 112 Å². The normalized spacial score (nSPS) is 14.1. The lowest BCUT2D eigenvalue weighted by Gasteiger charge is -2.43. The van der Waals surface area contributed by atoms with E-state index < -0.39 is 64.4 Å². The number of carbonyl (C=O) groups is 4. The third kappa shape index (κ3) is 48.3. The van der Waals surface area contributed by atoms with Crippen molar-refractivity contribution in [3.63, 3.8) is 0 Å². The predicted octanol–water partition coefficient (Wildman–Crippen LogP) is 23.7. The summed E-state index contributed by atoms with van der Waals surface area (Å²) in [5.74, 6) is -0.340. The number of ether oxygens (including phenoxy) is 2. The zero-order valence-corrected chi connectivity index (χ0v) is 80.8. The van der Waals surface area contributed by atoms with Crippen molar-refractivity contribution in [3.05, 3.63) is 132 Å². The van der Waals surface area contributed by atoms with Crippen LogP contribution in [0.15, 0.2) is 110 Å². The molecule has 0 bridgehead atoms. The number of imide groups is 2. The SMILES string of the molecule is BrCCCN(Cc1ccccc1)Cc1ccccc1.C=CCN(CC=C)CCCBr.CC(C)(C)OC(=O)N(CCCBr)C(=O)OC(C)(C)C.C[Si](C)(C)CCCCBr.C[Si](C)(C)N(CCCBr)[Si](C)(C)C.C[Si]1(C)CC[Si](C)(C)N1CCCBr.O=C1c2ccccc2C(=O)N1CCCBr. The second kappa shape index (κ2) is 54.0. The van der Waals surface area contributed by atoms with E-state index in [1.54, 1.807) is 65.8 Å². The van der Waals surface area contributed by atoms with Crippen LogP contribution in [0.2, 0.25) is 103 Å². The van der Waals surface area contributed by atoms with E-state index in [0.717, 1.165) is 71.9 Å². The van der Waals surface area contributed by atoms with Gasteiger partial charge < -0.3 is 17.9 Å². The zero-order valence-electron chi connectivity index (χ0n) is 64.7. The maximum atomic E-state index is 12.0. The molecule has 4 amide bonds.